The van der Waals surface area contributed by atoms with Crippen LogP contribution in [0.15, 0.2) is 73.6 Å². The number of anilines is 4. The molecule has 1 saturated carbocycles. The van der Waals surface area contributed by atoms with E-state index in [1.807, 2.05) is 6.07 Å². The van der Waals surface area contributed by atoms with Gasteiger partial charge in [-0.3, -0.25) is 4.57 Å². The number of aliphatic hydroxyl groups is 1. The fourth-order valence-electron chi connectivity index (χ4n) is 4.61. The highest BCUT2D eigenvalue weighted by Gasteiger charge is 2.35. The second kappa shape index (κ2) is 11.3. The van der Waals surface area contributed by atoms with Gasteiger partial charge in [0, 0.05) is 59.9 Å². The zero-order chi connectivity index (χ0) is 30.1. The molecule has 0 radical (unpaired) electrons. The second-order valence-corrected chi connectivity index (χ2v) is 10.0. The molecule has 2 aromatic carbocycles. The first-order chi connectivity index (χ1) is 20.7. The van der Waals surface area contributed by atoms with Gasteiger partial charge in [-0.15, -0.1) is 0 Å². The van der Waals surface area contributed by atoms with Crippen LogP contribution in [0.3, 0.4) is 0 Å². The van der Waals surface area contributed by atoms with E-state index in [1.165, 1.54) is 42.5 Å². The molecular formula is C29H28F3N9O2. The first-order valence-electron chi connectivity index (χ1n) is 13.4. The maximum atomic E-state index is 14.0. The van der Waals surface area contributed by atoms with Crippen LogP contribution < -0.4 is 20.7 Å². The molecule has 0 spiro atoms. The summed E-state index contributed by atoms with van der Waals surface area (Å²) >= 11 is 0. The fourth-order valence-corrected chi connectivity index (χ4v) is 4.61. The molecule has 3 heterocycles. The molecule has 1 atom stereocenters. The van der Waals surface area contributed by atoms with Crippen LogP contribution in [0.25, 0.3) is 11.5 Å². The van der Waals surface area contributed by atoms with Gasteiger partial charge in [-0.2, -0.15) is 13.2 Å². The molecule has 222 valence electrons. The van der Waals surface area contributed by atoms with Crippen LogP contribution in [0, 0.1) is 6.92 Å². The van der Waals surface area contributed by atoms with Crippen LogP contribution in [-0.2, 0) is 6.18 Å². The van der Waals surface area contributed by atoms with E-state index in [-0.39, 0.29) is 11.4 Å². The molecule has 6 rings (SSSR count). The Morgan fingerprint density at radius 2 is 1.74 bits per heavy atom. The van der Waals surface area contributed by atoms with E-state index >= 15 is 0 Å². The highest BCUT2D eigenvalue weighted by Crippen LogP contribution is 2.37. The van der Waals surface area contributed by atoms with Crippen molar-refractivity contribution in [2.24, 2.45) is 0 Å². The third kappa shape index (κ3) is 6.23. The van der Waals surface area contributed by atoms with E-state index in [4.69, 9.17) is 4.74 Å². The summed E-state index contributed by atoms with van der Waals surface area (Å²) in [6, 6.07) is 11.0. The zero-order valence-corrected chi connectivity index (χ0v) is 23.2. The number of hydrogen-bond acceptors (Lipinski definition) is 9. The van der Waals surface area contributed by atoms with Gasteiger partial charge in [0.15, 0.2) is 6.23 Å². The van der Waals surface area contributed by atoms with Crippen molar-refractivity contribution < 1.29 is 23.0 Å². The molecule has 3 aromatic heterocycles. The first kappa shape index (κ1) is 28.0. The van der Waals surface area contributed by atoms with E-state index < -0.39 is 18.0 Å². The van der Waals surface area contributed by atoms with E-state index in [0.29, 0.717) is 46.5 Å². The predicted octanol–water partition coefficient (Wildman–Crippen LogP) is 5.60. The number of aromatic nitrogens is 6. The standard InChI is InChI=1S/C29H28F3N9O2/c1-17-33-7-9-40(17)24-6-5-20(14-23(24)29(30,31)32)38-27(42)18-11-21(13-22(12-18)43-2)39-28-34-8-10-41(28)26-15-25(35-16-36-26)37-19-3-4-19/h5-16,19,27,38,42H,3-4H2,1-2H3,(H,34,39)(H,35,36,37). The Balaban J connectivity index is 1.25. The lowest BCUT2D eigenvalue weighted by atomic mass is 10.1. The number of imidazole rings is 2. The smallest absolute Gasteiger partial charge is 0.418 e. The molecule has 1 fully saturated rings. The quantitative estimate of drug-likeness (QED) is 0.153. The molecule has 11 nitrogen and oxygen atoms in total. The number of alkyl halides is 3. The molecular weight excluding hydrogens is 563 g/mol. The van der Waals surface area contributed by atoms with Crippen molar-refractivity contribution in [2.75, 3.05) is 23.1 Å². The number of methoxy groups -OCH3 is 1. The highest BCUT2D eigenvalue weighted by molar-refractivity contribution is 5.61. The number of ether oxygens (including phenoxy) is 1. The van der Waals surface area contributed by atoms with Crippen LogP contribution in [-0.4, -0.2) is 47.3 Å². The normalized spacial score (nSPS) is 13.9. The SMILES string of the molecule is COc1cc(Nc2nccn2-c2cc(NC3CC3)ncn2)cc(C(O)Nc2ccc(-n3ccnc3C)c(C(F)(F)F)c2)c1. The number of hydrogen-bond donors (Lipinski definition) is 4. The molecule has 1 aliphatic rings. The molecule has 43 heavy (non-hydrogen) atoms. The van der Waals surface area contributed by atoms with Gasteiger partial charge in [0.05, 0.1) is 18.4 Å². The number of nitrogens with zero attached hydrogens (tertiary/aromatic N) is 6. The van der Waals surface area contributed by atoms with Crippen LogP contribution in [0.4, 0.5) is 36.3 Å². The Hall–Kier alpha value is -5.11. The molecule has 0 aliphatic heterocycles. The molecule has 1 aliphatic carbocycles. The summed E-state index contributed by atoms with van der Waals surface area (Å²) in [7, 11) is 1.48. The molecule has 4 N–H and O–H groups in total. The summed E-state index contributed by atoms with van der Waals surface area (Å²) in [6.45, 7) is 1.62. The largest absolute Gasteiger partial charge is 0.497 e. The zero-order valence-electron chi connectivity index (χ0n) is 23.2. The average Bonchev–Trinajstić information content (AvgIpc) is 3.50. The van der Waals surface area contributed by atoms with Crippen molar-refractivity contribution in [1.82, 2.24) is 29.1 Å². The number of aryl methyl sites for hydroxylation is 1. The number of halogens is 3. The molecule has 0 bridgehead atoms. The molecule has 14 heteroatoms. The Labute approximate surface area is 244 Å². The van der Waals surface area contributed by atoms with Crippen LogP contribution in [0.1, 0.15) is 36.0 Å². The third-order valence-corrected chi connectivity index (χ3v) is 6.90. The van der Waals surface area contributed by atoms with Crippen molar-refractivity contribution >= 4 is 23.1 Å². The topological polar surface area (TPSA) is 127 Å². The summed E-state index contributed by atoms with van der Waals surface area (Å²) in [4.78, 5) is 17.1. The van der Waals surface area contributed by atoms with Crippen LogP contribution in [0.2, 0.25) is 0 Å². The van der Waals surface area contributed by atoms with Gasteiger partial charge in [0.25, 0.3) is 0 Å². The maximum absolute atomic E-state index is 14.0. The minimum Gasteiger partial charge on any atom is -0.497 e. The van der Waals surface area contributed by atoms with E-state index in [9.17, 15) is 18.3 Å². The van der Waals surface area contributed by atoms with Crippen molar-refractivity contribution in [1.29, 1.82) is 0 Å². The maximum Gasteiger partial charge on any atom is 0.418 e. The monoisotopic (exact) mass is 591 g/mol. The van der Waals surface area contributed by atoms with Crippen molar-refractivity contribution in [3.8, 4) is 17.3 Å². The lowest BCUT2D eigenvalue weighted by Gasteiger charge is -2.20. The van der Waals surface area contributed by atoms with Gasteiger partial charge in [-0.05, 0) is 50.1 Å². The third-order valence-electron chi connectivity index (χ3n) is 6.90. The summed E-state index contributed by atoms with van der Waals surface area (Å²) in [5.41, 5.74) is 0.0143. The summed E-state index contributed by atoms with van der Waals surface area (Å²) in [5, 5.41) is 20.4. The van der Waals surface area contributed by atoms with Gasteiger partial charge >= 0.3 is 6.18 Å². The summed E-state index contributed by atoms with van der Waals surface area (Å²) < 4.78 is 50.6. The molecule has 0 saturated heterocycles. The summed E-state index contributed by atoms with van der Waals surface area (Å²) in [6.07, 6.45) is 3.95. The van der Waals surface area contributed by atoms with Gasteiger partial charge < -0.3 is 30.4 Å². The Bertz CT molecular complexity index is 1750. The van der Waals surface area contributed by atoms with Crippen molar-refractivity contribution in [3.63, 3.8) is 0 Å². The summed E-state index contributed by atoms with van der Waals surface area (Å²) in [5.74, 6) is 2.58. The Morgan fingerprint density at radius 1 is 0.953 bits per heavy atom. The highest BCUT2D eigenvalue weighted by atomic mass is 19.4. The van der Waals surface area contributed by atoms with E-state index in [1.54, 1.807) is 42.1 Å². The molecule has 0 amide bonds. The van der Waals surface area contributed by atoms with Crippen LogP contribution >= 0.6 is 0 Å². The van der Waals surface area contributed by atoms with Gasteiger partial charge in [-0.1, -0.05) is 0 Å². The number of benzene rings is 2. The van der Waals surface area contributed by atoms with Crippen LogP contribution in [0.5, 0.6) is 5.75 Å². The van der Waals surface area contributed by atoms with Gasteiger partial charge in [0.1, 0.15) is 29.5 Å². The fraction of sp³-hybridized carbons (Fsp3) is 0.241. The first-order valence-corrected chi connectivity index (χ1v) is 13.4. The second-order valence-electron chi connectivity index (χ2n) is 10.0. The lowest BCUT2D eigenvalue weighted by Crippen LogP contribution is -2.14. The number of nitrogens with one attached hydrogen (secondary N) is 3. The predicted molar refractivity (Wildman–Crippen MR) is 154 cm³/mol. The molecule has 5 aromatic rings. The average molecular weight is 592 g/mol. The number of aliphatic hydroxyl groups excluding tert-OH is 1. The van der Waals surface area contributed by atoms with Gasteiger partial charge in [0.2, 0.25) is 5.95 Å². The minimum atomic E-state index is -4.64. The molecule has 1 unspecified atom stereocenters. The Kier molecular flexibility index (Phi) is 7.36. The van der Waals surface area contributed by atoms with Gasteiger partial charge in [-0.25, -0.2) is 19.9 Å². The van der Waals surface area contributed by atoms with Crippen molar-refractivity contribution in [3.05, 3.63) is 90.5 Å². The Morgan fingerprint density at radius 3 is 2.47 bits per heavy atom. The minimum absolute atomic E-state index is 0.0648. The van der Waals surface area contributed by atoms with E-state index in [0.717, 1.165) is 18.9 Å². The number of rotatable bonds is 10. The van der Waals surface area contributed by atoms with E-state index in [2.05, 4.69) is 35.9 Å². The van der Waals surface area contributed by atoms with Crippen molar-refractivity contribution in [2.45, 2.75) is 38.2 Å². The lowest BCUT2D eigenvalue weighted by molar-refractivity contribution is -0.137.